The van der Waals surface area contributed by atoms with E-state index in [1.165, 1.54) is 0 Å². The minimum Gasteiger partial charge on any atom is -0.160 e. The Balaban J connectivity index is 2.61. The van der Waals surface area contributed by atoms with Crippen LogP contribution in [0.3, 0.4) is 0 Å². The van der Waals surface area contributed by atoms with Crippen LogP contribution in [0.2, 0.25) is 0 Å². The summed E-state index contributed by atoms with van der Waals surface area (Å²) in [6.45, 7) is 5.54. The van der Waals surface area contributed by atoms with Crippen LogP contribution >= 0.6 is 19.9 Å². The number of fused-ring (bicyclic) bond motifs is 1. The van der Waals surface area contributed by atoms with Crippen molar-refractivity contribution < 1.29 is 13.2 Å². The van der Waals surface area contributed by atoms with Crippen molar-refractivity contribution in [2.45, 2.75) is 44.0 Å². The molecule has 2 rings (SSSR count). The number of aryl methyl sites for hydroxylation is 1. The summed E-state index contributed by atoms with van der Waals surface area (Å²) >= 11 is 0. The molecular formula is C15H18ClF3S. The molecule has 0 aromatic heterocycles. The van der Waals surface area contributed by atoms with Gasteiger partial charge < -0.3 is 0 Å². The quantitative estimate of drug-likeness (QED) is 0.597. The highest BCUT2D eigenvalue weighted by Crippen LogP contribution is 2.80. The Morgan fingerprint density at radius 3 is 2.40 bits per heavy atom. The molecule has 1 aliphatic heterocycles. The van der Waals surface area contributed by atoms with Gasteiger partial charge in [-0.05, 0) is 60.4 Å². The Kier molecular flexibility index (Phi) is 4.18. The Morgan fingerprint density at radius 1 is 1.25 bits per heavy atom. The van der Waals surface area contributed by atoms with Crippen molar-refractivity contribution in [2.75, 3.05) is 0 Å². The molecule has 1 aromatic carbocycles. The standard InChI is InChI=1S/C15H18ClF3S/c1-4-5-11-6-7-12-9-13(10(2)3)20(16,14(12)8-11)15(17,18)19/h6-10H,4-5H2,1-3H3. The minimum atomic E-state index is -4.42. The van der Waals surface area contributed by atoms with Crippen LogP contribution in [0.25, 0.3) is 6.08 Å². The monoisotopic (exact) mass is 322 g/mol. The molecule has 0 saturated heterocycles. The molecule has 0 N–H and O–H groups in total. The van der Waals surface area contributed by atoms with E-state index in [0.717, 1.165) is 18.4 Å². The lowest BCUT2D eigenvalue weighted by molar-refractivity contribution is -0.0360. The van der Waals surface area contributed by atoms with E-state index in [1.54, 1.807) is 32.1 Å². The molecule has 0 nitrogen and oxygen atoms in total. The first kappa shape index (κ1) is 15.8. The number of alkyl halides is 3. The molecule has 1 heterocycles. The molecule has 0 amide bonds. The van der Waals surface area contributed by atoms with Gasteiger partial charge in [0, 0.05) is 4.90 Å². The molecule has 1 aromatic rings. The molecule has 0 bridgehead atoms. The highest BCUT2D eigenvalue weighted by molar-refractivity contribution is 8.54. The normalized spacial score (nSPS) is 25.3. The van der Waals surface area contributed by atoms with Crippen molar-refractivity contribution in [3.63, 3.8) is 0 Å². The van der Waals surface area contributed by atoms with Gasteiger partial charge in [0.15, 0.2) is 0 Å². The second-order valence-corrected chi connectivity index (χ2v) is 9.15. The average molecular weight is 323 g/mol. The van der Waals surface area contributed by atoms with Crippen LogP contribution in [0.4, 0.5) is 13.2 Å². The molecule has 0 aliphatic carbocycles. The third-order valence-electron chi connectivity index (χ3n) is 3.43. The van der Waals surface area contributed by atoms with E-state index >= 15 is 0 Å². The van der Waals surface area contributed by atoms with Gasteiger partial charge in [-0.2, -0.15) is 13.2 Å². The molecule has 0 spiro atoms. The molecular weight excluding hydrogens is 305 g/mol. The SMILES string of the molecule is CCCc1ccc2c(c1)S(Cl)(C(F)(F)F)C(C(C)C)=C2. The van der Waals surface area contributed by atoms with Gasteiger partial charge in [-0.15, -0.1) is 0 Å². The number of benzene rings is 1. The largest absolute Gasteiger partial charge is 0.445 e. The van der Waals surface area contributed by atoms with Crippen molar-refractivity contribution in [2.24, 2.45) is 5.92 Å². The summed E-state index contributed by atoms with van der Waals surface area (Å²) in [5.74, 6) is -0.217. The van der Waals surface area contributed by atoms with Crippen LogP contribution in [0.5, 0.6) is 0 Å². The lowest BCUT2D eigenvalue weighted by atomic mass is 10.1. The summed E-state index contributed by atoms with van der Waals surface area (Å²) in [4.78, 5) is 0.580. The van der Waals surface area contributed by atoms with Gasteiger partial charge in [0.2, 0.25) is 0 Å². The third-order valence-corrected chi connectivity index (χ3v) is 7.82. The van der Waals surface area contributed by atoms with E-state index in [2.05, 4.69) is 0 Å². The second kappa shape index (κ2) is 5.30. The van der Waals surface area contributed by atoms with Gasteiger partial charge in [-0.3, -0.25) is 0 Å². The van der Waals surface area contributed by atoms with Crippen molar-refractivity contribution in [3.8, 4) is 0 Å². The van der Waals surface area contributed by atoms with Crippen molar-refractivity contribution in [1.82, 2.24) is 0 Å². The van der Waals surface area contributed by atoms with Crippen LogP contribution in [-0.2, 0) is 6.42 Å². The van der Waals surface area contributed by atoms with Crippen LogP contribution in [0, 0.1) is 5.92 Å². The Labute approximate surface area is 123 Å². The van der Waals surface area contributed by atoms with E-state index in [9.17, 15) is 13.2 Å². The molecule has 20 heavy (non-hydrogen) atoms. The lowest BCUT2D eigenvalue weighted by Gasteiger charge is -2.36. The molecule has 0 fully saturated rings. The maximum Gasteiger partial charge on any atom is 0.445 e. The Morgan fingerprint density at radius 2 is 1.90 bits per heavy atom. The van der Waals surface area contributed by atoms with Crippen LogP contribution < -0.4 is 0 Å². The van der Waals surface area contributed by atoms with Gasteiger partial charge >= 0.3 is 5.51 Å². The number of rotatable bonds is 3. The predicted octanol–water partition coefficient (Wildman–Crippen LogP) is 6.49. The fourth-order valence-corrected chi connectivity index (χ4v) is 6.04. The zero-order valence-corrected chi connectivity index (χ0v) is 13.3. The summed E-state index contributed by atoms with van der Waals surface area (Å²) in [6.07, 6.45) is 3.31. The van der Waals surface area contributed by atoms with E-state index in [0.29, 0.717) is 10.5 Å². The topological polar surface area (TPSA) is 0 Å². The summed E-state index contributed by atoms with van der Waals surface area (Å²) in [6, 6.07) is 5.32. The van der Waals surface area contributed by atoms with Gasteiger partial charge in [0.1, 0.15) is 0 Å². The molecule has 1 aliphatic rings. The maximum absolute atomic E-state index is 13.6. The fourth-order valence-electron chi connectivity index (χ4n) is 2.50. The predicted molar refractivity (Wildman–Crippen MR) is 81.0 cm³/mol. The molecule has 1 unspecified atom stereocenters. The van der Waals surface area contributed by atoms with E-state index in [1.807, 2.05) is 13.0 Å². The van der Waals surface area contributed by atoms with Gasteiger partial charge in [0.05, 0.1) is 0 Å². The summed E-state index contributed by atoms with van der Waals surface area (Å²) < 4.78 is 40.8. The summed E-state index contributed by atoms with van der Waals surface area (Å²) in [5.41, 5.74) is -2.87. The zero-order chi connectivity index (χ0) is 15.1. The molecule has 0 radical (unpaired) electrons. The van der Waals surface area contributed by atoms with Gasteiger partial charge in [-0.25, -0.2) is 0 Å². The molecule has 5 heteroatoms. The smallest absolute Gasteiger partial charge is 0.160 e. The molecule has 112 valence electrons. The van der Waals surface area contributed by atoms with E-state index in [-0.39, 0.29) is 10.8 Å². The molecule has 1 atom stereocenters. The summed E-state index contributed by atoms with van der Waals surface area (Å²) in [7, 11) is 2.77. The third kappa shape index (κ3) is 2.37. The van der Waals surface area contributed by atoms with Crippen LogP contribution in [-0.4, -0.2) is 5.51 Å². The van der Waals surface area contributed by atoms with Gasteiger partial charge in [-0.1, -0.05) is 39.3 Å². The van der Waals surface area contributed by atoms with Crippen molar-refractivity contribution in [3.05, 3.63) is 34.2 Å². The second-order valence-electron chi connectivity index (χ2n) is 5.31. The van der Waals surface area contributed by atoms with Crippen molar-refractivity contribution in [1.29, 1.82) is 0 Å². The first-order valence-corrected chi connectivity index (χ1v) is 9.11. The number of hydrogen-bond acceptors (Lipinski definition) is 0. The van der Waals surface area contributed by atoms with E-state index in [4.69, 9.17) is 10.7 Å². The van der Waals surface area contributed by atoms with E-state index < -0.39 is 14.7 Å². The number of allylic oxidation sites excluding steroid dienone is 1. The highest BCUT2D eigenvalue weighted by Gasteiger charge is 2.56. The first-order valence-electron chi connectivity index (χ1n) is 6.65. The maximum atomic E-state index is 13.6. The highest BCUT2D eigenvalue weighted by atomic mass is 35.7. The number of halogens is 4. The Hall–Kier alpha value is -0.610. The zero-order valence-electron chi connectivity index (χ0n) is 11.7. The summed E-state index contributed by atoms with van der Waals surface area (Å²) in [5, 5.41) is 0. The van der Waals surface area contributed by atoms with Crippen molar-refractivity contribution >= 4 is 26.0 Å². The van der Waals surface area contributed by atoms with Gasteiger partial charge in [0.25, 0.3) is 0 Å². The first-order chi connectivity index (χ1) is 9.21. The molecule has 0 saturated carbocycles. The lowest BCUT2D eigenvalue weighted by Crippen LogP contribution is -2.18. The minimum absolute atomic E-state index is 0.217. The van der Waals surface area contributed by atoms with Crippen LogP contribution in [0.1, 0.15) is 38.3 Å². The fraction of sp³-hybridized carbons (Fsp3) is 0.467. The van der Waals surface area contributed by atoms with Crippen LogP contribution in [0.15, 0.2) is 28.0 Å². The average Bonchev–Trinajstić information content (AvgIpc) is 2.64. The number of hydrogen-bond donors (Lipinski definition) is 0. The Bertz CT molecular complexity index is 549.